The predicted molar refractivity (Wildman–Crippen MR) is 74.7 cm³/mol. The first-order valence-corrected chi connectivity index (χ1v) is 6.54. The van der Waals surface area contributed by atoms with E-state index in [-0.39, 0.29) is 22.7 Å². The van der Waals surface area contributed by atoms with Crippen LogP contribution in [0.3, 0.4) is 0 Å². The summed E-state index contributed by atoms with van der Waals surface area (Å²) in [5, 5.41) is 16.8. The highest BCUT2D eigenvalue weighted by atomic mass is 16.6. The van der Waals surface area contributed by atoms with E-state index in [4.69, 9.17) is 0 Å². The van der Waals surface area contributed by atoms with Gasteiger partial charge in [0, 0.05) is 18.7 Å². The van der Waals surface area contributed by atoms with Gasteiger partial charge in [0.2, 0.25) is 0 Å². The number of aromatic nitrogens is 1. The largest absolute Gasteiger partial charge is 0.370 e. The highest BCUT2D eigenvalue weighted by Crippen LogP contribution is 2.44. The Morgan fingerprint density at radius 3 is 2.75 bits per heavy atom. The fourth-order valence-electron chi connectivity index (χ4n) is 2.00. The van der Waals surface area contributed by atoms with Crippen molar-refractivity contribution >= 4 is 17.4 Å². The van der Waals surface area contributed by atoms with Crippen LogP contribution >= 0.6 is 0 Å². The third-order valence-corrected chi connectivity index (χ3v) is 3.50. The smallest absolute Gasteiger partial charge is 0.300 e. The monoisotopic (exact) mass is 278 g/mol. The zero-order valence-electron chi connectivity index (χ0n) is 11.8. The number of pyridine rings is 1. The van der Waals surface area contributed by atoms with Crippen molar-refractivity contribution in [3.63, 3.8) is 0 Å². The molecular formula is C13H18N4O3. The molecule has 1 saturated carbocycles. The van der Waals surface area contributed by atoms with E-state index in [2.05, 4.69) is 15.6 Å². The van der Waals surface area contributed by atoms with Gasteiger partial charge in [-0.3, -0.25) is 14.9 Å². The standard InChI is InChI=1S/C13H18N4O3/c1-4-14-11-5-8(9(7-15-11)17(19)20)12(18)16-10-6-13(10,2)3/h5,7,10H,4,6H2,1-3H3,(H,14,15)(H,16,18). The Bertz CT molecular complexity index is 557. The van der Waals surface area contributed by atoms with E-state index in [1.54, 1.807) is 0 Å². The lowest BCUT2D eigenvalue weighted by atomic mass is 10.1. The zero-order valence-corrected chi connectivity index (χ0v) is 11.8. The molecule has 1 atom stereocenters. The molecule has 1 heterocycles. The van der Waals surface area contributed by atoms with Crippen molar-refractivity contribution in [2.24, 2.45) is 5.41 Å². The first-order valence-electron chi connectivity index (χ1n) is 6.54. The van der Waals surface area contributed by atoms with Crippen LogP contribution in [0.2, 0.25) is 0 Å². The number of rotatable bonds is 5. The quantitative estimate of drug-likeness (QED) is 0.633. The number of anilines is 1. The summed E-state index contributed by atoms with van der Waals surface area (Å²) in [7, 11) is 0. The fourth-order valence-corrected chi connectivity index (χ4v) is 2.00. The molecule has 0 aromatic carbocycles. The number of carbonyl (C=O) groups excluding carboxylic acids is 1. The van der Waals surface area contributed by atoms with Crippen LogP contribution < -0.4 is 10.6 Å². The van der Waals surface area contributed by atoms with Crippen molar-refractivity contribution in [1.29, 1.82) is 0 Å². The predicted octanol–water partition coefficient (Wildman–Crippen LogP) is 1.95. The molecule has 108 valence electrons. The van der Waals surface area contributed by atoms with Crippen LogP contribution in [0.5, 0.6) is 0 Å². The zero-order chi connectivity index (χ0) is 14.9. The van der Waals surface area contributed by atoms with E-state index in [0.29, 0.717) is 12.4 Å². The lowest BCUT2D eigenvalue weighted by Crippen LogP contribution is -2.29. The minimum absolute atomic E-state index is 0.0450. The van der Waals surface area contributed by atoms with Gasteiger partial charge in [0.1, 0.15) is 17.6 Å². The second-order valence-corrected chi connectivity index (χ2v) is 5.59. The SMILES string of the molecule is CCNc1cc(C(=O)NC2CC2(C)C)c([N+](=O)[O-])cn1. The lowest BCUT2D eigenvalue weighted by Gasteiger charge is -2.09. The molecule has 7 nitrogen and oxygen atoms in total. The van der Waals surface area contributed by atoms with Crippen LogP contribution in [0, 0.1) is 15.5 Å². The van der Waals surface area contributed by atoms with Gasteiger partial charge in [-0.25, -0.2) is 4.98 Å². The second-order valence-electron chi connectivity index (χ2n) is 5.59. The average Bonchev–Trinajstić information content (AvgIpc) is 2.96. The number of carbonyl (C=O) groups is 1. The Morgan fingerprint density at radius 1 is 1.60 bits per heavy atom. The number of amides is 1. The van der Waals surface area contributed by atoms with Gasteiger partial charge < -0.3 is 10.6 Å². The maximum atomic E-state index is 12.2. The van der Waals surface area contributed by atoms with Gasteiger partial charge in [0.25, 0.3) is 11.6 Å². The van der Waals surface area contributed by atoms with Crippen molar-refractivity contribution in [1.82, 2.24) is 10.3 Å². The summed E-state index contributed by atoms with van der Waals surface area (Å²) < 4.78 is 0. The van der Waals surface area contributed by atoms with Gasteiger partial charge in [-0.1, -0.05) is 13.8 Å². The van der Waals surface area contributed by atoms with Gasteiger partial charge in [0.05, 0.1) is 4.92 Å². The molecule has 1 aromatic rings. The van der Waals surface area contributed by atoms with E-state index in [9.17, 15) is 14.9 Å². The summed E-state index contributed by atoms with van der Waals surface area (Å²) in [5.41, 5.74) is -0.159. The molecule has 0 spiro atoms. The third-order valence-electron chi connectivity index (χ3n) is 3.50. The van der Waals surface area contributed by atoms with E-state index >= 15 is 0 Å². The van der Waals surface area contributed by atoms with Crippen molar-refractivity contribution in [2.45, 2.75) is 33.2 Å². The van der Waals surface area contributed by atoms with Crippen molar-refractivity contribution in [3.05, 3.63) is 27.9 Å². The molecule has 1 fully saturated rings. The molecule has 1 aliphatic rings. The minimum atomic E-state index is -0.588. The van der Waals surface area contributed by atoms with Crippen LogP contribution in [0.15, 0.2) is 12.3 Å². The molecule has 2 N–H and O–H groups in total. The molecule has 1 amide bonds. The first-order chi connectivity index (χ1) is 9.35. The summed E-state index contributed by atoms with van der Waals surface area (Å²) in [4.78, 5) is 26.5. The first kappa shape index (κ1) is 14.2. The molecule has 2 rings (SSSR count). The Kier molecular flexibility index (Phi) is 3.61. The fraction of sp³-hybridized carbons (Fsp3) is 0.538. The molecular weight excluding hydrogens is 260 g/mol. The molecule has 20 heavy (non-hydrogen) atoms. The normalized spacial score (nSPS) is 19.2. The van der Waals surface area contributed by atoms with E-state index in [1.807, 2.05) is 20.8 Å². The Morgan fingerprint density at radius 2 is 2.25 bits per heavy atom. The van der Waals surface area contributed by atoms with Crippen molar-refractivity contribution in [3.8, 4) is 0 Å². The van der Waals surface area contributed by atoms with Crippen LogP contribution in [0.25, 0.3) is 0 Å². The maximum absolute atomic E-state index is 12.2. The minimum Gasteiger partial charge on any atom is -0.370 e. The summed E-state index contributed by atoms with van der Waals surface area (Å²) in [6, 6.07) is 1.50. The number of hydrogen-bond donors (Lipinski definition) is 2. The summed E-state index contributed by atoms with van der Waals surface area (Å²) >= 11 is 0. The van der Waals surface area contributed by atoms with Crippen LogP contribution in [0.4, 0.5) is 11.5 Å². The molecule has 0 aliphatic heterocycles. The molecule has 1 aliphatic carbocycles. The van der Waals surface area contributed by atoms with Crippen LogP contribution in [-0.2, 0) is 0 Å². The van der Waals surface area contributed by atoms with Crippen LogP contribution in [-0.4, -0.2) is 28.4 Å². The molecule has 7 heteroatoms. The summed E-state index contributed by atoms with van der Waals surface area (Å²) in [6.07, 6.45) is 2.00. The van der Waals surface area contributed by atoms with Gasteiger partial charge >= 0.3 is 0 Å². The van der Waals surface area contributed by atoms with E-state index < -0.39 is 10.8 Å². The molecule has 0 bridgehead atoms. The maximum Gasteiger partial charge on any atom is 0.300 e. The van der Waals surface area contributed by atoms with E-state index in [0.717, 1.165) is 12.6 Å². The van der Waals surface area contributed by atoms with Gasteiger partial charge in [-0.2, -0.15) is 0 Å². The Labute approximate surface area is 116 Å². The number of nitro groups is 1. The summed E-state index contributed by atoms with van der Waals surface area (Å²) in [6.45, 7) is 6.60. The van der Waals surface area contributed by atoms with Crippen molar-refractivity contribution < 1.29 is 9.72 Å². The number of nitrogens with zero attached hydrogens (tertiary/aromatic N) is 2. The Balaban J connectivity index is 2.25. The molecule has 1 unspecified atom stereocenters. The molecule has 1 aromatic heterocycles. The average molecular weight is 278 g/mol. The highest BCUT2D eigenvalue weighted by molar-refractivity contribution is 5.99. The van der Waals surface area contributed by atoms with Crippen molar-refractivity contribution in [2.75, 3.05) is 11.9 Å². The van der Waals surface area contributed by atoms with Crippen LogP contribution in [0.1, 0.15) is 37.6 Å². The lowest BCUT2D eigenvalue weighted by molar-refractivity contribution is -0.385. The molecule has 0 radical (unpaired) electrons. The highest BCUT2D eigenvalue weighted by Gasteiger charge is 2.47. The Hall–Kier alpha value is -2.18. The molecule has 0 saturated heterocycles. The topological polar surface area (TPSA) is 97.2 Å². The summed E-state index contributed by atoms with van der Waals surface area (Å²) in [5.74, 6) is 0.0344. The van der Waals surface area contributed by atoms with Gasteiger partial charge in [-0.05, 0) is 18.8 Å². The number of hydrogen-bond acceptors (Lipinski definition) is 5. The van der Waals surface area contributed by atoms with Gasteiger partial charge in [0.15, 0.2) is 0 Å². The second kappa shape index (κ2) is 5.07. The van der Waals surface area contributed by atoms with E-state index in [1.165, 1.54) is 6.07 Å². The number of nitrogens with one attached hydrogen (secondary N) is 2. The third kappa shape index (κ3) is 2.87. The van der Waals surface area contributed by atoms with Gasteiger partial charge in [-0.15, -0.1) is 0 Å².